The number of rotatable bonds is 4. The van der Waals surface area contributed by atoms with Crippen molar-refractivity contribution in [3.8, 4) is 0 Å². The van der Waals surface area contributed by atoms with Crippen LogP contribution >= 0.6 is 31.9 Å². The average molecular weight is 352 g/mol. The summed E-state index contributed by atoms with van der Waals surface area (Å²) in [4.78, 5) is 11.5. The molecule has 0 aromatic heterocycles. The zero-order valence-corrected chi connectivity index (χ0v) is 12.3. The van der Waals surface area contributed by atoms with Crippen LogP contribution in [0.2, 0.25) is 0 Å². The molecular formula is C11H16Br2N2O. The Hall–Kier alpha value is -0.130. The molecule has 5 heteroatoms. The van der Waals surface area contributed by atoms with Crippen LogP contribution in [0, 0.1) is 0 Å². The predicted molar refractivity (Wildman–Crippen MR) is 74.0 cm³/mol. The number of carbonyl (C=O) groups excluding carboxylic acids is 1. The molecule has 90 valence electrons. The molecule has 3 nitrogen and oxygen atoms in total. The van der Waals surface area contributed by atoms with E-state index in [1.807, 2.05) is 0 Å². The number of allylic oxidation sites excluding steroid dienone is 2. The second kappa shape index (κ2) is 6.57. The van der Waals surface area contributed by atoms with Gasteiger partial charge in [0.2, 0.25) is 5.91 Å². The summed E-state index contributed by atoms with van der Waals surface area (Å²) in [5, 5.41) is 4.56. The first-order valence-corrected chi connectivity index (χ1v) is 7.39. The van der Waals surface area contributed by atoms with Gasteiger partial charge in [0.1, 0.15) is 0 Å². The van der Waals surface area contributed by atoms with Crippen molar-refractivity contribution in [2.45, 2.75) is 25.4 Å². The van der Waals surface area contributed by atoms with E-state index < -0.39 is 6.04 Å². The van der Waals surface area contributed by atoms with Crippen molar-refractivity contribution >= 4 is 37.8 Å². The molecule has 1 unspecified atom stereocenters. The highest BCUT2D eigenvalue weighted by Gasteiger charge is 2.17. The molecule has 2 atom stereocenters. The van der Waals surface area contributed by atoms with Crippen molar-refractivity contribution in [2.75, 3.05) is 10.7 Å². The monoisotopic (exact) mass is 350 g/mol. The summed E-state index contributed by atoms with van der Waals surface area (Å²) in [5.74, 6) is -0.106. The summed E-state index contributed by atoms with van der Waals surface area (Å²) in [6.07, 6.45) is 5.07. The fourth-order valence-corrected chi connectivity index (χ4v) is 2.29. The molecule has 1 rings (SSSR count). The fraction of sp³-hybridized carbons (Fsp3) is 0.545. The van der Waals surface area contributed by atoms with Gasteiger partial charge in [-0.15, -0.1) is 0 Å². The molecule has 0 heterocycles. The molecule has 3 N–H and O–H groups in total. The molecule has 16 heavy (non-hydrogen) atoms. The van der Waals surface area contributed by atoms with E-state index in [1.54, 1.807) is 6.92 Å². The molecule has 0 radical (unpaired) electrons. The van der Waals surface area contributed by atoms with Crippen molar-refractivity contribution in [2.24, 2.45) is 5.73 Å². The number of nitrogens with one attached hydrogen (secondary N) is 1. The normalized spacial score (nSPS) is 22.1. The van der Waals surface area contributed by atoms with Gasteiger partial charge < -0.3 is 11.1 Å². The first-order valence-electron chi connectivity index (χ1n) is 5.14. The molecule has 1 aliphatic carbocycles. The van der Waals surface area contributed by atoms with Gasteiger partial charge in [0, 0.05) is 10.7 Å². The molecule has 0 aromatic carbocycles. The minimum Gasteiger partial charge on any atom is -0.348 e. The zero-order chi connectivity index (χ0) is 12.1. The highest BCUT2D eigenvalue weighted by atomic mass is 79.9. The van der Waals surface area contributed by atoms with Crippen LogP contribution in [0.5, 0.6) is 0 Å². The van der Waals surface area contributed by atoms with E-state index in [9.17, 15) is 4.79 Å². The smallest absolute Gasteiger partial charge is 0.237 e. The molecule has 0 aliphatic heterocycles. The van der Waals surface area contributed by atoms with Crippen molar-refractivity contribution < 1.29 is 4.79 Å². The summed E-state index contributed by atoms with van der Waals surface area (Å²) in [7, 11) is 0. The van der Waals surface area contributed by atoms with E-state index in [4.69, 9.17) is 5.73 Å². The van der Waals surface area contributed by atoms with E-state index in [0.29, 0.717) is 0 Å². The van der Waals surface area contributed by atoms with Crippen LogP contribution in [0.1, 0.15) is 13.3 Å². The molecule has 0 saturated carbocycles. The first-order chi connectivity index (χ1) is 7.56. The zero-order valence-electron chi connectivity index (χ0n) is 9.17. The molecular weight excluding hydrogens is 336 g/mol. The Labute approximate surface area is 113 Å². The standard InChI is InChI=1S/C11H16Br2N2O/c1-7(14)11(16)15-10-3-8(5-12)2-9(4-10)6-13/h2-3,7,10H,4-6,14H2,1H3,(H,15,16)/t7-,10?/m0/s1. The SMILES string of the molecule is C[C@H](N)C(=O)NC1C=C(CBr)C=C(CBr)C1. The van der Waals surface area contributed by atoms with Crippen LogP contribution in [0.3, 0.4) is 0 Å². The number of alkyl halides is 2. The molecule has 0 fully saturated rings. The van der Waals surface area contributed by atoms with Gasteiger partial charge in [0.15, 0.2) is 0 Å². The maximum atomic E-state index is 11.5. The Morgan fingerprint density at radius 2 is 2.31 bits per heavy atom. The number of amides is 1. The van der Waals surface area contributed by atoms with Crippen LogP contribution in [0.4, 0.5) is 0 Å². The lowest BCUT2D eigenvalue weighted by atomic mass is 9.97. The minimum absolute atomic E-state index is 0.0589. The Bertz CT molecular complexity index is 324. The van der Waals surface area contributed by atoms with Gasteiger partial charge in [-0.1, -0.05) is 49.6 Å². The van der Waals surface area contributed by atoms with Crippen LogP contribution in [0.15, 0.2) is 23.3 Å². The van der Waals surface area contributed by atoms with Crippen LogP contribution in [-0.4, -0.2) is 28.7 Å². The lowest BCUT2D eigenvalue weighted by molar-refractivity contribution is -0.122. The molecule has 0 spiro atoms. The third-order valence-corrected chi connectivity index (χ3v) is 3.72. The number of carbonyl (C=O) groups is 1. The minimum atomic E-state index is -0.459. The van der Waals surface area contributed by atoms with Gasteiger partial charge in [0.05, 0.1) is 12.1 Å². The summed E-state index contributed by atoms with van der Waals surface area (Å²) in [6, 6.07) is -0.400. The van der Waals surface area contributed by atoms with Crippen molar-refractivity contribution in [3.05, 3.63) is 23.3 Å². The van der Waals surface area contributed by atoms with Crippen LogP contribution in [-0.2, 0) is 4.79 Å². The Kier molecular flexibility index (Phi) is 5.72. The van der Waals surface area contributed by atoms with Crippen molar-refractivity contribution in [1.82, 2.24) is 5.32 Å². The molecule has 0 aromatic rings. The molecule has 0 bridgehead atoms. The van der Waals surface area contributed by atoms with E-state index in [2.05, 4.69) is 49.3 Å². The van der Waals surface area contributed by atoms with Gasteiger partial charge >= 0.3 is 0 Å². The van der Waals surface area contributed by atoms with E-state index in [0.717, 1.165) is 17.1 Å². The van der Waals surface area contributed by atoms with Gasteiger partial charge in [-0.25, -0.2) is 0 Å². The van der Waals surface area contributed by atoms with Gasteiger partial charge in [0.25, 0.3) is 0 Å². The number of hydrogen-bond acceptors (Lipinski definition) is 2. The molecule has 1 amide bonds. The lowest BCUT2D eigenvalue weighted by Gasteiger charge is -2.22. The van der Waals surface area contributed by atoms with Gasteiger partial charge in [-0.2, -0.15) is 0 Å². The van der Waals surface area contributed by atoms with E-state index >= 15 is 0 Å². The lowest BCUT2D eigenvalue weighted by Crippen LogP contribution is -2.44. The molecule has 0 saturated heterocycles. The number of nitrogens with two attached hydrogens (primary N) is 1. The highest BCUT2D eigenvalue weighted by Crippen LogP contribution is 2.20. The summed E-state index contributed by atoms with van der Waals surface area (Å²) in [6.45, 7) is 1.69. The Balaban J connectivity index is 2.67. The van der Waals surface area contributed by atoms with Crippen molar-refractivity contribution in [3.63, 3.8) is 0 Å². The highest BCUT2D eigenvalue weighted by molar-refractivity contribution is 9.09. The average Bonchev–Trinajstić information content (AvgIpc) is 2.28. The van der Waals surface area contributed by atoms with Crippen molar-refractivity contribution in [1.29, 1.82) is 0 Å². The second-order valence-electron chi connectivity index (χ2n) is 3.92. The Morgan fingerprint density at radius 1 is 1.62 bits per heavy atom. The van der Waals surface area contributed by atoms with Crippen LogP contribution < -0.4 is 11.1 Å². The van der Waals surface area contributed by atoms with Gasteiger partial charge in [-0.05, 0) is 18.9 Å². The predicted octanol–water partition coefficient (Wildman–Crippen LogP) is 1.86. The second-order valence-corrected chi connectivity index (χ2v) is 5.04. The Morgan fingerprint density at radius 3 is 2.81 bits per heavy atom. The number of hydrogen-bond donors (Lipinski definition) is 2. The summed E-state index contributed by atoms with van der Waals surface area (Å²) in [5.41, 5.74) is 8.00. The summed E-state index contributed by atoms with van der Waals surface area (Å²) < 4.78 is 0. The third kappa shape index (κ3) is 4.03. The van der Waals surface area contributed by atoms with Gasteiger partial charge in [-0.3, -0.25) is 4.79 Å². The first kappa shape index (κ1) is 13.9. The topological polar surface area (TPSA) is 55.1 Å². The largest absolute Gasteiger partial charge is 0.348 e. The third-order valence-electron chi connectivity index (χ3n) is 2.35. The maximum Gasteiger partial charge on any atom is 0.237 e. The maximum absolute atomic E-state index is 11.5. The van der Waals surface area contributed by atoms with Crippen LogP contribution in [0.25, 0.3) is 0 Å². The summed E-state index contributed by atoms with van der Waals surface area (Å²) >= 11 is 6.87. The van der Waals surface area contributed by atoms with E-state index in [-0.39, 0.29) is 11.9 Å². The fourth-order valence-electron chi connectivity index (χ4n) is 1.55. The molecule has 1 aliphatic rings. The number of halogens is 2. The quantitative estimate of drug-likeness (QED) is 0.759. The van der Waals surface area contributed by atoms with E-state index in [1.165, 1.54) is 11.1 Å².